The fraction of sp³-hybridized carbons (Fsp3) is 0.0303. The highest BCUT2D eigenvalue weighted by atomic mass is 31.2. The van der Waals surface area contributed by atoms with Crippen LogP contribution in [-0.2, 0) is 0 Å². The number of carbonyl (C=O) groups is 2. The van der Waals surface area contributed by atoms with Gasteiger partial charge in [-0.1, -0.05) is 78.9 Å². The molecule has 0 spiro atoms. The summed E-state index contributed by atoms with van der Waals surface area (Å²) in [4.78, 5) is 28.2. The van der Waals surface area contributed by atoms with E-state index in [1.54, 1.807) is 24.3 Å². The molecule has 0 amide bonds. The second-order valence-electron chi connectivity index (χ2n) is 9.26. The lowest BCUT2D eigenvalue weighted by Crippen LogP contribution is -2.43. The van der Waals surface area contributed by atoms with E-state index in [2.05, 4.69) is 36.4 Å². The second kappa shape index (κ2) is 8.96. The Bertz CT molecular complexity index is 1570. The van der Waals surface area contributed by atoms with Gasteiger partial charge < -0.3 is 5.73 Å². The minimum atomic E-state index is -2.62. The highest BCUT2D eigenvalue weighted by Crippen LogP contribution is 2.56. The first-order chi connectivity index (χ1) is 18.0. The van der Waals surface area contributed by atoms with E-state index < -0.39 is 7.26 Å². The Labute approximate surface area is 216 Å². The molecule has 0 saturated carbocycles. The quantitative estimate of drug-likeness (QED) is 0.276. The van der Waals surface area contributed by atoms with Crippen LogP contribution in [0.5, 0.6) is 0 Å². The molecule has 0 aliphatic heterocycles. The summed E-state index contributed by atoms with van der Waals surface area (Å²) < 4.78 is 0. The molecule has 178 valence electrons. The second-order valence-corrected chi connectivity index (χ2v) is 12.6. The molecule has 2 N–H and O–H groups in total. The van der Waals surface area contributed by atoms with Crippen LogP contribution in [0.15, 0.2) is 121 Å². The number of ketones is 2. The van der Waals surface area contributed by atoms with Crippen molar-refractivity contribution in [3.05, 3.63) is 149 Å². The van der Waals surface area contributed by atoms with Crippen molar-refractivity contribution in [1.29, 1.82) is 0 Å². The summed E-state index contributed by atoms with van der Waals surface area (Å²) >= 11 is 0. The van der Waals surface area contributed by atoms with E-state index in [0.29, 0.717) is 27.9 Å². The Morgan fingerprint density at radius 3 is 1.35 bits per heavy atom. The Morgan fingerprint density at radius 2 is 0.919 bits per heavy atom. The SMILES string of the molecule is Cc1cc([P+](c2ccccc2)(c2ccccc2)c2ccccc2)c2c(c1N)C(=O)c1ccccc1C2=O. The van der Waals surface area contributed by atoms with Crippen molar-refractivity contribution >= 4 is 45.7 Å². The fourth-order valence-corrected chi connectivity index (χ4v) is 10.0. The van der Waals surface area contributed by atoms with Crippen LogP contribution >= 0.6 is 7.26 Å². The maximum absolute atomic E-state index is 14.3. The van der Waals surface area contributed by atoms with E-state index in [-0.39, 0.29) is 11.6 Å². The zero-order chi connectivity index (χ0) is 25.6. The van der Waals surface area contributed by atoms with Crippen molar-refractivity contribution in [3.63, 3.8) is 0 Å². The van der Waals surface area contributed by atoms with Gasteiger partial charge in [-0.15, -0.1) is 0 Å². The van der Waals surface area contributed by atoms with Gasteiger partial charge in [0.25, 0.3) is 0 Å². The van der Waals surface area contributed by atoms with Gasteiger partial charge in [0.2, 0.25) is 0 Å². The van der Waals surface area contributed by atoms with Gasteiger partial charge in [0, 0.05) is 16.8 Å². The topological polar surface area (TPSA) is 60.2 Å². The van der Waals surface area contributed by atoms with Crippen molar-refractivity contribution in [2.45, 2.75) is 6.92 Å². The molecule has 0 bridgehead atoms. The molecular weight excluding hydrogens is 473 g/mol. The average Bonchev–Trinajstić information content (AvgIpc) is 2.95. The van der Waals surface area contributed by atoms with Crippen molar-refractivity contribution < 1.29 is 9.59 Å². The number of hydrogen-bond acceptors (Lipinski definition) is 3. The summed E-state index contributed by atoms with van der Waals surface area (Å²) in [5.41, 5.74) is 9.34. The molecule has 0 saturated heterocycles. The van der Waals surface area contributed by atoms with Gasteiger partial charge in [-0.3, -0.25) is 9.59 Å². The van der Waals surface area contributed by atoms with Gasteiger partial charge in [0.05, 0.1) is 11.1 Å². The highest BCUT2D eigenvalue weighted by Gasteiger charge is 2.52. The van der Waals surface area contributed by atoms with Crippen molar-refractivity contribution in [3.8, 4) is 0 Å². The molecule has 3 nitrogen and oxygen atoms in total. The number of hydrogen-bond donors (Lipinski definition) is 1. The van der Waals surface area contributed by atoms with Crippen LogP contribution in [0.2, 0.25) is 0 Å². The summed E-state index contributed by atoms with van der Waals surface area (Å²) in [5, 5.41) is 4.19. The highest BCUT2D eigenvalue weighted by molar-refractivity contribution is 8.01. The van der Waals surface area contributed by atoms with Crippen LogP contribution in [-0.4, -0.2) is 11.6 Å². The van der Waals surface area contributed by atoms with Crippen molar-refractivity contribution in [2.24, 2.45) is 0 Å². The standard InChI is InChI=1S/C33H24NO2P/c1-22-21-28(29-30(31(22)34)33(36)27-20-12-11-19-26(27)32(29)35)37(23-13-5-2-6-14-23,24-15-7-3-8-16-24)25-17-9-4-10-18-25/h2-21H,1H3,(H-,34,36)/p+1. The number of benzene rings is 5. The molecule has 5 aromatic rings. The monoisotopic (exact) mass is 498 g/mol. The van der Waals surface area contributed by atoms with E-state index in [1.807, 2.05) is 67.6 Å². The largest absolute Gasteiger partial charge is 0.398 e. The van der Waals surface area contributed by atoms with Crippen LogP contribution in [0.3, 0.4) is 0 Å². The molecule has 0 atom stereocenters. The third-order valence-corrected chi connectivity index (χ3v) is 11.5. The molecule has 1 aliphatic carbocycles. The molecule has 0 radical (unpaired) electrons. The average molecular weight is 499 g/mol. The molecule has 0 fully saturated rings. The Hall–Kier alpha value is -4.33. The Balaban J connectivity index is 1.83. The summed E-state index contributed by atoms with van der Waals surface area (Å²) in [6, 6.07) is 40.1. The van der Waals surface area contributed by atoms with Crippen LogP contribution in [0.1, 0.15) is 37.4 Å². The minimum Gasteiger partial charge on any atom is -0.398 e. The van der Waals surface area contributed by atoms with Gasteiger partial charge >= 0.3 is 0 Å². The lowest BCUT2D eigenvalue weighted by Gasteiger charge is -2.31. The smallest absolute Gasteiger partial charge is 0.198 e. The van der Waals surface area contributed by atoms with Crippen LogP contribution in [0, 0.1) is 6.92 Å². The zero-order valence-electron chi connectivity index (χ0n) is 20.4. The number of aryl methyl sites for hydroxylation is 1. The van der Waals surface area contributed by atoms with E-state index in [4.69, 9.17) is 5.73 Å². The molecule has 0 aromatic heterocycles. The van der Waals surface area contributed by atoms with E-state index in [9.17, 15) is 9.59 Å². The predicted octanol–water partition coefficient (Wildman–Crippen LogP) is 4.97. The third kappa shape index (κ3) is 3.39. The minimum absolute atomic E-state index is 0.154. The van der Waals surface area contributed by atoms with E-state index >= 15 is 0 Å². The lowest BCUT2D eigenvalue weighted by atomic mass is 9.82. The Morgan fingerprint density at radius 1 is 0.541 bits per heavy atom. The maximum atomic E-state index is 14.3. The summed E-state index contributed by atoms with van der Waals surface area (Å²) in [5.74, 6) is -0.348. The molecule has 5 aromatic carbocycles. The number of anilines is 1. The first-order valence-corrected chi connectivity index (χ1v) is 14.0. The lowest BCUT2D eigenvalue weighted by molar-refractivity contribution is 0.0980. The molecule has 37 heavy (non-hydrogen) atoms. The fourth-order valence-electron chi connectivity index (χ4n) is 5.51. The predicted molar refractivity (Wildman–Crippen MR) is 154 cm³/mol. The molecule has 6 rings (SSSR count). The van der Waals surface area contributed by atoms with Crippen molar-refractivity contribution in [1.82, 2.24) is 0 Å². The molecule has 0 heterocycles. The number of carbonyl (C=O) groups excluding carboxylic acids is 2. The normalized spacial score (nSPS) is 12.7. The first-order valence-electron chi connectivity index (χ1n) is 12.2. The van der Waals surface area contributed by atoms with E-state index in [1.165, 1.54) is 0 Å². The van der Waals surface area contributed by atoms with Crippen molar-refractivity contribution in [2.75, 3.05) is 5.73 Å². The molecule has 1 aliphatic rings. The zero-order valence-corrected chi connectivity index (χ0v) is 21.3. The Kier molecular flexibility index (Phi) is 5.59. The molecule has 0 unspecified atom stereocenters. The molecular formula is C33H25NO2P+. The van der Waals surface area contributed by atoms with Crippen LogP contribution in [0.4, 0.5) is 5.69 Å². The molecule has 4 heteroatoms. The maximum Gasteiger partial charge on any atom is 0.198 e. The number of fused-ring (bicyclic) bond motifs is 2. The number of rotatable bonds is 4. The van der Waals surface area contributed by atoms with Gasteiger partial charge in [-0.05, 0) is 55.0 Å². The number of nitrogens with two attached hydrogens (primary N) is 1. The summed E-state index contributed by atoms with van der Waals surface area (Å²) in [6.07, 6.45) is 0. The third-order valence-electron chi connectivity index (χ3n) is 7.22. The summed E-state index contributed by atoms with van der Waals surface area (Å²) in [6.45, 7) is 1.92. The van der Waals surface area contributed by atoms with Gasteiger partial charge in [0.15, 0.2) is 11.6 Å². The van der Waals surface area contributed by atoms with Gasteiger partial charge in [-0.25, -0.2) is 0 Å². The van der Waals surface area contributed by atoms with E-state index in [0.717, 1.165) is 26.8 Å². The summed E-state index contributed by atoms with van der Waals surface area (Å²) in [7, 11) is -2.62. The van der Waals surface area contributed by atoms with Crippen LogP contribution in [0.25, 0.3) is 0 Å². The first kappa shape index (κ1) is 23.1. The van der Waals surface area contributed by atoms with Crippen LogP contribution < -0.4 is 27.0 Å². The number of nitrogen functional groups attached to an aromatic ring is 1. The van der Waals surface area contributed by atoms with Gasteiger partial charge in [-0.2, -0.15) is 0 Å². The van der Waals surface area contributed by atoms with Gasteiger partial charge in [0.1, 0.15) is 28.5 Å².